The van der Waals surface area contributed by atoms with Gasteiger partial charge in [-0.15, -0.1) is 0 Å². The summed E-state index contributed by atoms with van der Waals surface area (Å²) in [6.07, 6.45) is 2.14. The summed E-state index contributed by atoms with van der Waals surface area (Å²) in [5.74, 6) is -0.320. The molecule has 3 aromatic rings. The number of halogens is 2. The predicted octanol–water partition coefficient (Wildman–Crippen LogP) is 6.43. The molecule has 0 unspecified atom stereocenters. The number of carbonyl (C=O) groups excluding carboxylic acids is 3. The summed E-state index contributed by atoms with van der Waals surface area (Å²) in [6.45, 7) is 4.84. The highest BCUT2D eigenvalue weighted by atomic mass is 35.5. The Labute approximate surface area is 236 Å². The Morgan fingerprint density at radius 3 is 2.33 bits per heavy atom. The molecule has 1 heterocycles. The van der Waals surface area contributed by atoms with Crippen molar-refractivity contribution in [1.82, 2.24) is 5.32 Å². The first-order valence-corrected chi connectivity index (χ1v) is 13.0. The highest BCUT2D eigenvalue weighted by molar-refractivity contribution is 6.39. The van der Waals surface area contributed by atoms with Gasteiger partial charge in [-0.1, -0.05) is 48.3 Å². The number of carbonyl (C=O) groups is 3. The first-order valence-electron chi connectivity index (χ1n) is 12.3. The van der Waals surface area contributed by atoms with Crippen LogP contribution >= 0.6 is 23.2 Å². The summed E-state index contributed by atoms with van der Waals surface area (Å²) in [6, 6.07) is 16.0. The fraction of sp³-hybridized carbons (Fsp3) is 0.207. The Balaban J connectivity index is 1.57. The number of hydrogen-bond acceptors (Lipinski definition) is 6. The Hall–Kier alpha value is -4.01. The number of rotatable bonds is 10. The van der Waals surface area contributed by atoms with Crippen molar-refractivity contribution in [2.45, 2.75) is 26.9 Å². The molecule has 0 atom stereocenters. The van der Waals surface area contributed by atoms with Crippen molar-refractivity contribution in [1.29, 1.82) is 0 Å². The number of nitrogens with one attached hydrogen (secondary N) is 1. The summed E-state index contributed by atoms with van der Waals surface area (Å²) < 4.78 is 17.1. The number of benzene rings is 3. The molecule has 3 aromatic carbocycles. The monoisotopic (exact) mass is 568 g/mol. The standard InChI is InChI=1S/C29H26Cl2N2O6/c1-3-13-38-26-24(31)15-18(16-25(26)37-4-2)14-22-27(34)32-29(36)33(28(22)35)20-9-11-21(12-10-20)39-17-19-7-5-6-8-23(19)30/h5-12,14-16H,3-4,13,17H2,1-2H3,(H,32,34,36)/b22-14+. The fourth-order valence-electron chi connectivity index (χ4n) is 3.80. The largest absolute Gasteiger partial charge is 0.490 e. The molecular formula is C29H26Cl2N2O6. The molecule has 1 aliphatic heterocycles. The lowest BCUT2D eigenvalue weighted by Gasteiger charge is -2.26. The molecule has 0 spiro atoms. The second kappa shape index (κ2) is 12.7. The van der Waals surface area contributed by atoms with Gasteiger partial charge in [0.2, 0.25) is 0 Å². The Morgan fingerprint density at radius 1 is 0.897 bits per heavy atom. The average Bonchev–Trinajstić information content (AvgIpc) is 2.91. The van der Waals surface area contributed by atoms with Gasteiger partial charge in [-0.2, -0.15) is 0 Å². The lowest BCUT2D eigenvalue weighted by atomic mass is 10.1. The maximum atomic E-state index is 13.3. The van der Waals surface area contributed by atoms with Crippen LogP contribution in [0.5, 0.6) is 17.2 Å². The van der Waals surface area contributed by atoms with Crippen LogP contribution in [-0.4, -0.2) is 31.1 Å². The summed E-state index contributed by atoms with van der Waals surface area (Å²) in [7, 11) is 0. The van der Waals surface area contributed by atoms with Gasteiger partial charge in [0.1, 0.15) is 17.9 Å². The molecule has 0 radical (unpaired) electrons. The van der Waals surface area contributed by atoms with E-state index in [0.717, 1.165) is 16.9 Å². The number of hydrogen-bond donors (Lipinski definition) is 1. The minimum atomic E-state index is -0.858. The van der Waals surface area contributed by atoms with Crippen LogP contribution in [0.4, 0.5) is 10.5 Å². The molecule has 0 aliphatic carbocycles. The van der Waals surface area contributed by atoms with E-state index in [1.54, 1.807) is 42.5 Å². The van der Waals surface area contributed by atoms with Gasteiger partial charge < -0.3 is 14.2 Å². The SMILES string of the molecule is CCCOc1c(Cl)cc(/C=C2\C(=O)NC(=O)N(c3ccc(OCc4ccccc4Cl)cc3)C2=O)cc1OCC. The topological polar surface area (TPSA) is 94.2 Å². The quantitative estimate of drug-likeness (QED) is 0.224. The van der Waals surface area contributed by atoms with Crippen LogP contribution in [0.25, 0.3) is 6.08 Å². The van der Waals surface area contributed by atoms with Crippen molar-refractivity contribution in [2.75, 3.05) is 18.1 Å². The number of anilines is 1. The van der Waals surface area contributed by atoms with Crippen LogP contribution in [0.2, 0.25) is 10.0 Å². The fourth-order valence-corrected chi connectivity index (χ4v) is 4.27. The van der Waals surface area contributed by atoms with Crippen molar-refractivity contribution in [3.63, 3.8) is 0 Å². The zero-order valence-electron chi connectivity index (χ0n) is 21.3. The van der Waals surface area contributed by atoms with Crippen LogP contribution in [0.3, 0.4) is 0 Å². The van der Waals surface area contributed by atoms with Crippen molar-refractivity contribution in [3.05, 3.63) is 87.4 Å². The van der Waals surface area contributed by atoms with Gasteiger partial charge in [-0.05, 0) is 67.4 Å². The summed E-state index contributed by atoms with van der Waals surface area (Å²) >= 11 is 12.6. The average molecular weight is 569 g/mol. The van der Waals surface area contributed by atoms with Crippen molar-refractivity contribution < 1.29 is 28.6 Å². The van der Waals surface area contributed by atoms with E-state index in [1.165, 1.54) is 6.08 Å². The molecule has 1 saturated heterocycles. The predicted molar refractivity (Wildman–Crippen MR) is 150 cm³/mol. The second-order valence-electron chi connectivity index (χ2n) is 8.44. The van der Waals surface area contributed by atoms with E-state index in [4.69, 9.17) is 37.4 Å². The van der Waals surface area contributed by atoms with Crippen LogP contribution in [0.1, 0.15) is 31.4 Å². The van der Waals surface area contributed by atoms with E-state index in [-0.39, 0.29) is 22.9 Å². The minimum absolute atomic E-state index is 0.241. The maximum Gasteiger partial charge on any atom is 0.335 e. The van der Waals surface area contributed by atoms with E-state index in [9.17, 15) is 14.4 Å². The van der Waals surface area contributed by atoms with Crippen LogP contribution in [-0.2, 0) is 16.2 Å². The molecule has 39 heavy (non-hydrogen) atoms. The van der Waals surface area contributed by atoms with Crippen molar-refractivity contribution in [2.24, 2.45) is 0 Å². The Bertz CT molecular complexity index is 1420. The number of barbiturate groups is 1. The molecule has 1 fully saturated rings. The van der Waals surface area contributed by atoms with E-state index >= 15 is 0 Å². The Kier molecular flexibility index (Phi) is 9.11. The minimum Gasteiger partial charge on any atom is -0.490 e. The smallest absolute Gasteiger partial charge is 0.335 e. The zero-order valence-corrected chi connectivity index (χ0v) is 22.8. The normalized spacial score (nSPS) is 14.4. The summed E-state index contributed by atoms with van der Waals surface area (Å²) in [5, 5.41) is 3.07. The molecule has 0 saturated carbocycles. The van der Waals surface area contributed by atoms with Gasteiger partial charge >= 0.3 is 6.03 Å². The molecule has 4 amide bonds. The lowest BCUT2D eigenvalue weighted by Crippen LogP contribution is -2.54. The highest BCUT2D eigenvalue weighted by Gasteiger charge is 2.37. The van der Waals surface area contributed by atoms with Crippen LogP contribution in [0.15, 0.2) is 66.2 Å². The zero-order chi connectivity index (χ0) is 27.9. The van der Waals surface area contributed by atoms with Gasteiger partial charge in [0.25, 0.3) is 11.8 Å². The summed E-state index contributed by atoms with van der Waals surface area (Å²) in [5.41, 5.74) is 1.27. The molecular weight excluding hydrogens is 543 g/mol. The second-order valence-corrected chi connectivity index (χ2v) is 9.26. The number of nitrogens with zero attached hydrogens (tertiary/aromatic N) is 1. The van der Waals surface area contributed by atoms with Crippen molar-refractivity contribution in [3.8, 4) is 17.2 Å². The summed E-state index contributed by atoms with van der Waals surface area (Å²) in [4.78, 5) is 39.5. The molecule has 202 valence electrons. The maximum absolute atomic E-state index is 13.3. The van der Waals surface area contributed by atoms with Crippen LogP contribution < -0.4 is 24.4 Å². The van der Waals surface area contributed by atoms with Gasteiger partial charge in [0.05, 0.1) is 23.9 Å². The Morgan fingerprint density at radius 2 is 1.64 bits per heavy atom. The van der Waals surface area contributed by atoms with Crippen molar-refractivity contribution >= 4 is 52.8 Å². The molecule has 0 aromatic heterocycles. The molecule has 1 aliphatic rings. The third-order valence-electron chi connectivity index (χ3n) is 5.64. The number of ether oxygens (including phenoxy) is 3. The number of amides is 4. The number of imide groups is 2. The van der Waals surface area contributed by atoms with Gasteiger partial charge in [0.15, 0.2) is 11.5 Å². The lowest BCUT2D eigenvalue weighted by molar-refractivity contribution is -0.122. The third kappa shape index (κ3) is 6.53. The van der Waals surface area contributed by atoms with Gasteiger partial charge in [-0.3, -0.25) is 14.9 Å². The third-order valence-corrected chi connectivity index (χ3v) is 6.29. The number of urea groups is 1. The molecule has 10 heteroatoms. The molecule has 1 N–H and O–H groups in total. The first-order chi connectivity index (χ1) is 18.8. The molecule has 4 rings (SSSR count). The van der Waals surface area contributed by atoms with E-state index in [0.29, 0.717) is 41.0 Å². The molecule has 0 bridgehead atoms. The van der Waals surface area contributed by atoms with E-state index < -0.39 is 17.8 Å². The first kappa shape index (κ1) is 28.0. The van der Waals surface area contributed by atoms with Crippen LogP contribution in [0, 0.1) is 0 Å². The highest BCUT2D eigenvalue weighted by Crippen LogP contribution is 2.38. The van der Waals surface area contributed by atoms with E-state index in [2.05, 4.69) is 5.32 Å². The van der Waals surface area contributed by atoms with Gasteiger partial charge in [0, 0.05) is 10.6 Å². The van der Waals surface area contributed by atoms with Gasteiger partial charge in [-0.25, -0.2) is 9.69 Å². The van der Waals surface area contributed by atoms with E-state index in [1.807, 2.05) is 32.0 Å². The molecule has 8 nitrogen and oxygen atoms in total.